The second-order valence-corrected chi connectivity index (χ2v) is 4.52. The molecule has 1 aliphatic heterocycles. The van der Waals surface area contributed by atoms with Gasteiger partial charge in [0.15, 0.2) is 0 Å². The van der Waals surface area contributed by atoms with E-state index in [1.807, 2.05) is 0 Å². The first-order valence-electron chi connectivity index (χ1n) is 5.84. The Labute approximate surface area is 87.0 Å². The molecule has 1 saturated heterocycles. The number of carbonyl (C=O) groups excluding carboxylic acids is 1. The van der Waals surface area contributed by atoms with Crippen LogP contribution in [-0.2, 0) is 9.53 Å². The van der Waals surface area contributed by atoms with Gasteiger partial charge in [0, 0.05) is 13.0 Å². The summed E-state index contributed by atoms with van der Waals surface area (Å²) in [5, 5.41) is 0. The molecule has 14 heavy (non-hydrogen) atoms. The van der Waals surface area contributed by atoms with E-state index in [2.05, 4.69) is 6.92 Å². The fourth-order valence-corrected chi connectivity index (χ4v) is 2.09. The van der Waals surface area contributed by atoms with Crippen LogP contribution in [0.5, 0.6) is 0 Å². The highest BCUT2D eigenvalue weighted by atomic mass is 16.5. The summed E-state index contributed by atoms with van der Waals surface area (Å²) in [6.07, 6.45) is 9.97. The SMILES string of the molecule is CC1(CCCCC=O)CCCCCO1. The van der Waals surface area contributed by atoms with Gasteiger partial charge < -0.3 is 9.53 Å². The zero-order chi connectivity index (χ0) is 10.3. The maximum atomic E-state index is 10.2. The molecular weight excluding hydrogens is 176 g/mol. The molecule has 2 nitrogen and oxygen atoms in total. The second kappa shape index (κ2) is 6.18. The third kappa shape index (κ3) is 4.23. The smallest absolute Gasteiger partial charge is 0.119 e. The third-order valence-corrected chi connectivity index (χ3v) is 3.08. The Hall–Kier alpha value is -0.370. The average Bonchev–Trinajstić information content (AvgIpc) is 2.39. The van der Waals surface area contributed by atoms with Crippen LogP contribution in [0.2, 0.25) is 0 Å². The van der Waals surface area contributed by atoms with Crippen LogP contribution < -0.4 is 0 Å². The summed E-state index contributed by atoms with van der Waals surface area (Å²) in [5.41, 5.74) is 0.0966. The van der Waals surface area contributed by atoms with Crippen LogP contribution in [0.4, 0.5) is 0 Å². The molecule has 1 aliphatic rings. The van der Waals surface area contributed by atoms with E-state index in [0.29, 0.717) is 6.42 Å². The summed E-state index contributed by atoms with van der Waals surface area (Å²) in [4.78, 5) is 10.2. The minimum Gasteiger partial charge on any atom is -0.375 e. The van der Waals surface area contributed by atoms with Crippen LogP contribution in [-0.4, -0.2) is 18.5 Å². The molecule has 2 heteroatoms. The Balaban J connectivity index is 2.20. The summed E-state index contributed by atoms with van der Waals surface area (Å²) in [6.45, 7) is 3.14. The number of hydrogen-bond donors (Lipinski definition) is 0. The molecular formula is C12H22O2. The monoisotopic (exact) mass is 198 g/mol. The predicted octanol–water partition coefficient (Wildman–Crippen LogP) is 3.10. The van der Waals surface area contributed by atoms with E-state index in [0.717, 1.165) is 32.2 Å². The molecule has 0 amide bonds. The van der Waals surface area contributed by atoms with Gasteiger partial charge in [-0.1, -0.05) is 19.3 Å². The number of ether oxygens (including phenoxy) is 1. The van der Waals surface area contributed by atoms with Crippen molar-refractivity contribution in [2.45, 2.75) is 63.9 Å². The van der Waals surface area contributed by atoms with Crippen molar-refractivity contribution in [2.24, 2.45) is 0 Å². The van der Waals surface area contributed by atoms with Gasteiger partial charge >= 0.3 is 0 Å². The van der Waals surface area contributed by atoms with Gasteiger partial charge in [-0.05, 0) is 32.6 Å². The normalized spacial score (nSPS) is 28.4. The zero-order valence-electron chi connectivity index (χ0n) is 9.26. The molecule has 0 radical (unpaired) electrons. The van der Waals surface area contributed by atoms with Gasteiger partial charge in [-0.2, -0.15) is 0 Å². The maximum absolute atomic E-state index is 10.2. The second-order valence-electron chi connectivity index (χ2n) is 4.52. The van der Waals surface area contributed by atoms with E-state index in [1.54, 1.807) is 0 Å². The summed E-state index contributed by atoms with van der Waals surface area (Å²) in [6, 6.07) is 0. The van der Waals surface area contributed by atoms with Crippen LogP contribution in [0.3, 0.4) is 0 Å². The van der Waals surface area contributed by atoms with Crippen molar-refractivity contribution >= 4 is 6.29 Å². The molecule has 0 saturated carbocycles. The number of carbonyl (C=O) groups is 1. The van der Waals surface area contributed by atoms with Gasteiger partial charge in [0.1, 0.15) is 6.29 Å². The molecule has 0 spiro atoms. The Morgan fingerprint density at radius 1 is 1.29 bits per heavy atom. The fraction of sp³-hybridized carbons (Fsp3) is 0.917. The summed E-state index contributed by atoms with van der Waals surface area (Å²) >= 11 is 0. The number of unbranched alkanes of at least 4 members (excludes halogenated alkanes) is 2. The first-order chi connectivity index (χ1) is 6.77. The average molecular weight is 198 g/mol. The van der Waals surface area contributed by atoms with Crippen LogP contribution in [0.1, 0.15) is 58.3 Å². The van der Waals surface area contributed by atoms with E-state index in [4.69, 9.17) is 4.74 Å². The van der Waals surface area contributed by atoms with Crippen molar-refractivity contribution in [3.8, 4) is 0 Å². The zero-order valence-corrected chi connectivity index (χ0v) is 9.26. The molecule has 0 aromatic rings. The maximum Gasteiger partial charge on any atom is 0.119 e. The van der Waals surface area contributed by atoms with Crippen LogP contribution in [0.15, 0.2) is 0 Å². The molecule has 1 heterocycles. The molecule has 0 bridgehead atoms. The van der Waals surface area contributed by atoms with Crippen molar-refractivity contribution in [1.29, 1.82) is 0 Å². The standard InChI is InChI=1S/C12H22O2/c1-12(8-4-2-6-10-13)9-5-3-7-11-14-12/h10H,2-9,11H2,1H3. The Morgan fingerprint density at radius 3 is 2.93 bits per heavy atom. The largest absolute Gasteiger partial charge is 0.375 e. The van der Waals surface area contributed by atoms with Gasteiger partial charge in [0.2, 0.25) is 0 Å². The predicted molar refractivity (Wildman–Crippen MR) is 57.4 cm³/mol. The topological polar surface area (TPSA) is 26.3 Å². The number of hydrogen-bond acceptors (Lipinski definition) is 2. The number of aldehydes is 1. The van der Waals surface area contributed by atoms with Gasteiger partial charge in [-0.3, -0.25) is 0 Å². The van der Waals surface area contributed by atoms with Crippen LogP contribution >= 0.6 is 0 Å². The third-order valence-electron chi connectivity index (χ3n) is 3.08. The Bertz CT molecular complexity index is 158. The molecule has 1 unspecified atom stereocenters. The highest BCUT2D eigenvalue weighted by molar-refractivity contribution is 5.48. The van der Waals surface area contributed by atoms with E-state index < -0.39 is 0 Å². The van der Waals surface area contributed by atoms with Gasteiger partial charge in [-0.25, -0.2) is 0 Å². The molecule has 1 atom stereocenters. The van der Waals surface area contributed by atoms with Crippen molar-refractivity contribution in [2.75, 3.05) is 6.61 Å². The molecule has 82 valence electrons. The molecule has 0 N–H and O–H groups in total. The van der Waals surface area contributed by atoms with Crippen molar-refractivity contribution in [1.82, 2.24) is 0 Å². The van der Waals surface area contributed by atoms with E-state index in [1.165, 1.54) is 25.7 Å². The summed E-state index contributed by atoms with van der Waals surface area (Å²) < 4.78 is 5.88. The van der Waals surface area contributed by atoms with Crippen LogP contribution in [0, 0.1) is 0 Å². The highest BCUT2D eigenvalue weighted by Crippen LogP contribution is 2.28. The van der Waals surface area contributed by atoms with Crippen molar-refractivity contribution < 1.29 is 9.53 Å². The summed E-state index contributed by atoms with van der Waals surface area (Å²) in [7, 11) is 0. The Kier molecular flexibility index (Phi) is 5.16. The number of rotatable bonds is 5. The minimum absolute atomic E-state index is 0.0966. The first kappa shape index (κ1) is 11.7. The highest BCUT2D eigenvalue weighted by Gasteiger charge is 2.25. The lowest BCUT2D eigenvalue weighted by atomic mass is 9.93. The van der Waals surface area contributed by atoms with Crippen molar-refractivity contribution in [3.63, 3.8) is 0 Å². The van der Waals surface area contributed by atoms with E-state index >= 15 is 0 Å². The quantitative estimate of drug-likeness (QED) is 0.501. The van der Waals surface area contributed by atoms with Crippen molar-refractivity contribution in [3.05, 3.63) is 0 Å². The van der Waals surface area contributed by atoms with E-state index in [9.17, 15) is 4.79 Å². The lowest BCUT2D eigenvalue weighted by Crippen LogP contribution is -2.27. The molecule has 0 aromatic heterocycles. The molecule has 1 fully saturated rings. The lowest BCUT2D eigenvalue weighted by molar-refractivity contribution is -0.108. The lowest BCUT2D eigenvalue weighted by Gasteiger charge is -2.28. The van der Waals surface area contributed by atoms with Gasteiger partial charge in [-0.15, -0.1) is 0 Å². The molecule has 1 rings (SSSR count). The minimum atomic E-state index is 0.0966. The van der Waals surface area contributed by atoms with E-state index in [-0.39, 0.29) is 5.60 Å². The molecule has 0 aromatic carbocycles. The first-order valence-corrected chi connectivity index (χ1v) is 5.84. The van der Waals surface area contributed by atoms with Gasteiger partial charge in [0.25, 0.3) is 0 Å². The Morgan fingerprint density at radius 2 is 2.14 bits per heavy atom. The fourth-order valence-electron chi connectivity index (χ4n) is 2.09. The van der Waals surface area contributed by atoms with Crippen LogP contribution in [0.25, 0.3) is 0 Å². The summed E-state index contributed by atoms with van der Waals surface area (Å²) in [5.74, 6) is 0. The van der Waals surface area contributed by atoms with Gasteiger partial charge in [0.05, 0.1) is 5.60 Å². The molecule has 0 aliphatic carbocycles.